The van der Waals surface area contributed by atoms with Crippen molar-refractivity contribution in [2.45, 2.75) is 51.2 Å². The molecule has 0 heterocycles. The Balaban J connectivity index is 1.42. The average molecular weight is 492 g/mol. The molecule has 0 bridgehead atoms. The molecule has 0 radical (unpaired) electrons. The summed E-state index contributed by atoms with van der Waals surface area (Å²) in [6.45, 7) is 5.58. The lowest BCUT2D eigenvalue weighted by molar-refractivity contribution is -0.157. The number of hydrogen-bond donors (Lipinski definition) is 1. The Hall–Kier alpha value is -3.31. The van der Waals surface area contributed by atoms with Gasteiger partial charge in [-0.15, -0.1) is 0 Å². The molecule has 0 fully saturated rings. The number of amides is 1. The molecule has 0 spiro atoms. The fraction of sp³-hybridized carbons (Fsp3) is 0.310. The number of hydrogen-bond acceptors (Lipinski definition) is 4. The predicted octanol–water partition coefficient (Wildman–Crippen LogP) is 6.52. The molecule has 4 rings (SSSR count). The van der Waals surface area contributed by atoms with Gasteiger partial charge in [-0.3, -0.25) is 0 Å². The first-order valence-electron chi connectivity index (χ1n) is 11.8. The van der Waals surface area contributed by atoms with Gasteiger partial charge in [-0.25, -0.2) is 9.59 Å². The van der Waals surface area contributed by atoms with E-state index < -0.39 is 23.7 Å². The van der Waals surface area contributed by atoms with Crippen LogP contribution in [0.5, 0.6) is 0 Å². The van der Waals surface area contributed by atoms with Crippen LogP contribution < -0.4 is 5.32 Å². The minimum atomic E-state index is -0.833. The van der Waals surface area contributed by atoms with E-state index in [1.54, 1.807) is 32.9 Å². The van der Waals surface area contributed by atoms with Crippen LogP contribution >= 0.6 is 11.6 Å². The van der Waals surface area contributed by atoms with Gasteiger partial charge in [0, 0.05) is 10.9 Å². The largest absolute Gasteiger partial charge is 0.458 e. The molecule has 0 aromatic heterocycles. The first kappa shape index (κ1) is 24.8. The van der Waals surface area contributed by atoms with Crippen molar-refractivity contribution >= 4 is 23.7 Å². The van der Waals surface area contributed by atoms with Gasteiger partial charge in [0.2, 0.25) is 0 Å². The molecule has 1 unspecified atom stereocenters. The van der Waals surface area contributed by atoms with Crippen LogP contribution in [0.1, 0.15) is 49.8 Å². The fourth-order valence-corrected chi connectivity index (χ4v) is 4.49. The van der Waals surface area contributed by atoms with E-state index in [9.17, 15) is 9.59 Å². The van der Waals surface area contributed by atoms with Crippen molar-refractivity contribution in [3.8, 4) is 11.1 Å². The van der Waals surface area contributed by atoms with E-state index >= 15 is 0 Å². The van der Waals surface area contributed by atoms with E-state index in [1.807, 2.05) is 36.4 Å². The van der Waals surface area contributed by atoms with E-state index in [-0.39, 0.29) is 12.5 Å². The van der Waals surface area contributed by atoms with Crippen molar-refractivity contribution < 1.29 is 19.1 Å². The van der Waals surface area contributed by atoms with Crippen molar-refractivity contribution in [3.63, 3.8) is 0 Å². The lowest BCUT2D eigenvalue weighted by Crippen LogP contribution is -2.45. The molecular formula is C29H30ClNO4. The monoisotopic (exact) mass is 491 g/mol. The molecule has 0 saturated carbocycles. The summed E-state index contributed by atoms with van der Waals surface area (Å²) >= 11 is 5.97. The highest BCUT2D eigenvalue weighted by molar-refractivity contribution is 6.30. The molecule has 1 aliphatic rings. The molecule has 1 aliphatic carbocycles. The summed E-state index contributed by atoms with van der Waals surface area (Å²) in [6.07, 6.45) is 0.310. The molecule has 3 aromatic carbocycles. The molecule has 0 saturated heterocycles. The van der Waals surface area contributed by atoms with Crippen molar-refractivity contribution in [1.82, 2.24) is 5.32 Å². The van der Waals surface area contributed by atoms with Crippen molar-refractivity contribution in [2.24, 2.45) is 0 Å². The van der Waals surface area contributed by atoms with E-state index in [0.717, 1.165) is 27.8 Å². The van der Waals surface area contributed by atoms with Gasteiger partial charge in [0.25, 0.3) is 0 Å². The Morgan fingerprint density at radius 3 is 2.06 bits per heavy atom. The summed E-state index contributed by atoms with van der Waals surface area (Å²) < 4.78 is 11.2. The van der Waals surface area contributed by atoms with Crippen LogP contribution in [-0.4, -0.2) is 30.3 Å². The summed E-state index contributed by atoms with van der Waals surface area (Å²) in [5.74, 6) is -0.540. The molecule has 1 atom stereocenters. The van der Waals surface area contributed by atoms with Crippen LogP contribution in [0.25, 0.3) is 11.1 Å². The van der Waals surface area contributed by atoms with Crippen LogP contribution in [0.4, 0.5) is 4.79 Å². The molecule has 1 amide bonds. The Morgan fingerprint density at radius 2 is 1.49 bits per heavy atom. The number of esters is 1. The zero-order valence-corrected chi connectivity index (χ0v) is 21.0. The maximum Gasteiger partial charge on any atom is 0.407 e. The van der Waals surface area contributed by atoms with Crippen molar-refractivity contribution in [1.29, 1.82) is 0 Å². The first-order chi connectivity index (χ1) is 16.7. The normalized spacial score (nSPS) is 13.5. The molecule has 5 nitrogen and oxygen atoms in total. The number of fused-ring (bicyclic) bond motifs is 3. The smallest absolute Gasteiger partial charge is 0.407 e. The van der Waals surface area contributed by atoms with Gasteiger partial charge < -0.3 is 14.8 Å². The molecule has 35 heavy (non-hydrogen) atoms. The van der Waals surface area contributed by atoms with E-state index in [0.29, 0.717) is 17.9 Å². The Labute approximate surface area is 211 Å². The number of alkyl carbamates (subject to hydrolysis) is 1. The third-order valence-electron chi connectivity index (χ3n) is 5.96. The van der Waals surface area contributed by atoms with E-state index in [2.05, 4.69) is 29.6 Å². The number of carbonyl (C=O) groups excluding carboxylic acids is 2. The standard InChI is InChI=1S/C29H30ClNO4/c1-29(2,3)35-27(32)26(17-14-19-12-15-20(30)16-13-19)31-28(33)34-18-25-23-10-6-4-8-21(23)22-9-5-7-11-24(22)25/h4-13,15-16,25-26H,14,17-18H2,1-3H3,(H,31,33). The van der Waals surface area contributed by atoms with Crippen LogP contribution in [-0.2, 0) is 20.7 Å². The number of ether oxygens (including phenoxy) is 2. The second-order valence-electron chi connectivity index (χ2n) is 9.72. The number of nitrogens with one attached hydrogen (secondary N) is 1. The molecule has 3 aromatic rings. The maximum atomic E-state index is 12.8. The average Bonchev–Trinajstić information content (AvgIpc) is 3.14. The third-order valence-corrected chi connectivity index (χ3v) is 6.21. The first-order valence-corrected chi connectivity index (χ1v) is 12.2. The summed E-state index contributed by atoms with van der Waals surface area (Å²) in [6, 6.07) is 22.9. The van der Waals surface area contributed by atoms with E-state index in [4.69, 9.17) is 21.1 Å². The van der Waals surface area contributed by atoms with Crippen molar-refractivity contribution in [3.05, 3.63) is 94.5 Å². The maximum absolute atomic E-state index is 12.8. The number of rotatable bonds is 7. The SMILES string of the molecule is CC(C)(C)OC(=O)C(CCc1ccc(Cl)cc1)NC(=O)OCC1c2ccccc2-c2ccccc21. The van der Waals surface area contributed by atoms with Gasteiger partial charge in [0.1, 0.15) is 18.2 Å². The lowest BCUT2D eigenvalue weighted by Gasteiger charge is -2.24. The van der Waals surface area contributed by atoms with Crippen molar-refractivity contribution in [2.75, 3.05) is 6.61 Å². The Morgan fingerprint density at radius 1 is 0.914 bits per heavy atom. The number of carbonyl (C=O) groups is 2. The summed E-state index contributed by atoms with van der Waals surface area (Å²) in [5, 5.41) is 3.38. The summed E-state index contributed by atoms with van der Waals surface area (Å²) in [4.78, 5) is 25.6. The summed E-state index contributed by atoms with van der Waals surface area (Å²) in [5.41, 5.74) is 4.93. The quantitative estimate of drug-likeness (QED) is 0.382. The predicted molar refractivity (Wildman–Crippen MR) is 138 cm³/mol. The van der Waals surface area contributed by atoms with Crippen LogP contribution in [0.15, 0.2) is 72.8 Å². The summed E-state index contributed by atoms with van der Waals surface area (Å²) in [7, 11) is 0. The second kappa shape index (κ2) is 10.5. The van der Waals surface area contributed by atoms with Gasteiger partial charge in [0.15, 0.2) is 0 Å². The van der Waals surface area contributed by atoms with Gasteiger partial charge in [-0.1, -0.05) is 72.3 Å². The van der Waals surface area contributed by atoms with Crippen LogP contribution in [0.3, 0.4) is 0 Å². The van der Waals surface area contributed by atoms with Crippen LogP contribution in [0, 0.1) is 0 Å². The van der Waals surface area contributed by atoms with Gasteiger partial charge in [0.05, 0.1) is 0 Å². The Kier molecular flexibility index (Phi) is 7.46. The molecule has 0 aliphatic heterocycles. The van der Waals surface area contributed by atoms with Gasteiger partial charge in [-0.2, -0.15) is 0 Å². The number of benzene rings is 3. The minimum Gasteiger partial charge on any atom is -0.458 e. The zero-order chi connectivity index (χ0) is 25.0. The third kappa shape index (κ3) is 6.23. The number of aryl methyl sites for hydroxylation is 1. The highest BCUT2D eigenvalue weighted by atomic mass is 35.5. The van der Waals surface area contributed by atoms with Gasteiger partial charge in [-0.05, 0) is 73.6 Å². The van der Waals surface area contributed by atoms with Crippen LogP contribution in [0.2, 0.25) is 5.02 Å². The van der Waals surface area contributed by atoms with E-state index in [1.165, 1.54) is 0 Å². The fourth-order valence-electron chi connectivity index (χ4n) is 4.37. The molecule has 182 valence electrons. The molecule has 6 heteroatoms. The topological polar surface area (TPSA) is 64.6 Å². The molecular weight excluding hydrogens is 462 g/mol. The number of halogens is 1. The minimum absolute atomic E-state index is 0.0535. The highest BCUT2D eigenvalue weighted by Crippen LogP contribution is 2.44. The zero-order valence-electron chi connectivity index (χ0n) is 20.2. The second-order valence-corrected chi connectivity index (χ2v) is 10.2. The lowest BCUT2D eigenvalue weighted by atomic mass is 9.98. The van der Waals surface area contributed by atoms with Gasteiger partial charge >= 0.3 is 12.1 Å². The Bertz CT molecular complexity index is 1150. The highest BCUT2D eigenvalue weighted by Gasteiger charge is 2.31. The molecule has 1 N–H and O–H groups in total.